The van der Waals surface area contributed by atoms with Crippen LogP contribution in [0.5, 0.6) is 0 Å². The highest BCUT2D eigenvalue weighted by Crippen LogP contribution is 2.47. The summed E-state index contributed by atoms with van der Waals surface area (Å²) >= 11 is 3.42. The molecule has 1 aliphatic carbocycles. The number of benzene rings is 1. The number of anilines is 1. The van der Waals surface area contributed by atoms with Crippen LogP contribution in [0, 0.1) is 12.8 Å². The maximum Gasteiger partial charge on any atom is 0.243 e. The number of hydrogen-bond donors (Lipinski definition) is 2. The van der Waals surface area contributed by atoms with E-state index < -0.39 is 0 Å². The fourth-order valence-electron chi connectivity index (χ4n) is 2.88. The molecular formula is C20H23BrN2O3. The number of amides is 2. The van der Waals surface area contributed by atoms with Crippen molar-refractivity contribution < 1.29 is 14.0 Å². The second-order valence-corrected chi connectivity index (χ2v) is 7.77. The molecule has 0 spiro atoms. The molecule has 1 aliphatic rings. The maximum atomic E-state index is 11.9. The minimum Gasteiger partial charge on any atom is -0.466 e. The van der Waals surface area contributed by atoms with Gasteiger partial charge in [0, 0.05) is 28.9 Å². The third kappa shape index (κ3) is 4.97. The Balaban J connectivity index is 1.38. The Morgan fingerprint density at radius 3 is 2.69 bits per heavy atom. The molecule has 6 heteroatoms. The lowest BCUT2D eigenvalue weighted by Gasteiger charge is -2.08. The van der Waals surface area contributed by atoms with Gasteiger partial charge in [0.25, 0.3) is 0 Å². The molecule has 5 nitrogen and oxygen atoms in total. The van der Waals surface area contributed by atoms with Crippen molar-refractivity contribution in [2.45, 2.75) is 39.0 Å². The molecule has 2 amide bonds. The summed E-state index contributed by atoms with van der Waals surface area (Å²) < 4.78 is 6.78. The number of aryl methyl sites for hydroxylation is 2. The van der Waals surface area contributed by atoms with Crippen molar-refractivity contribution in [3.05, 3.63) is 51.9 Å². The monoisotopic (exact) mass is 418 g/mol. The van der Waals surface area contributed by atoms with Crippen LogP contribution in [0.2, 0.25) is 0 Å². The van der Waals surface area contributed by atoms with Crippen LogP contribution in [0.3, 0.4) is 0 Å². The lowest BCUT2D eigenvalue weighted by atomic mass is 10.2. The molecule has 0 aliphatic heterocycles. The molecular weight excluding hydrogens is 396 g/mol. The Labute approximate surface area is 161 Å². The Hall–Kier alpha value is -2.08. The molecule has 1 saturated carbocycles. The lowest BCUT2D eigenvalue weighted by Crippen LogP contribution is -2.32. The van der Waals surface area contributed by atoms with E-state index >= 15 is 0 Å². The number of carbonyl (C=O) groups excluding carboxylic acids is 2. The quantitative estimate of drug-likeness (QED) is 0.708. The Morgan fingerprint density at radius 1 is 1.23 bits per heavy atom. The zero-order valence-electron chi connectivity index (χ0n) is 15.0. The zero-order chi connectivity index (χ0) is 18.7. The van der Waals surface area contributed by atoms with Crippen LogP contribution < -0.4 is 10.6 Å². The van der Waals surface area contributed by atoms with E-state index in [2.05, 4.69) is 33.5 Å². The molecule has 3 rings (SSSR count). The molecule has 2 atom stereocenters. The van der Waals surface area contributed by atoms with Gasteiger partial charge in [0.15, 0.2) is 0 Å². The van der Waals surface area contributed by atoms with Gasteiger partial charge in [-0.2, -0.15) is 0 Å². The van der Waals surface area contributed by atoms with Crippen LogP contribution in [0.4, 0.5) is 5.69 Å². The number of halogens is 1. The molecule has 2 N–H and O–H groups in total. The first-order chi connectivity index (χ1) is 12.4. The highest BCUT2D eigenvalue weighted by Gasteiger charge is 2.36. The topological polar surface area (TPSA) is 71.3 Å². The van der Waals surface area contributed by atoms with Gasteiger partial charge in [-0.25, -0.2) is 0 Å². The Bertz CT molecular complexity index is 815. The predicted octanol–water partition coefficient (Wildman–Crippen LogP) is 4.16. The summed E-state index contributed by atoms with van der Waals surface area (Å²) in [6, 6.07) is 9.51. The van der Waals surface area contributed by atoms with Gasteiger partial charge in [-0.1, -0.05) is 22.9 Å². The van der Waals surface area contributed by atoms with Gasteiger partial charge in [0.05, 0.1) is 6.54 Å². The summed E-state index contributed by atoms with van der Waals surface area (Å²) in [5, 5.41) is 5.42. The summed E-state index contributed by atoms with van der Waals surface area (Å²) in [7, 11) is 0. The molecule has 1 aromatic heterocycles. The van der Waals surface area contributed by atoms with Crippen LogP contribution in [0.25, 0.3) is 0 Å². The van der Waals surface area contributed by atoms with Crippen molar-refractivity contribution in [1.29, 1.82) is 0 Å². The van der Waals surface area contributed by atoms with Crippen molar-refractivity contribution in [3.8, 4) is 0 Å². The van der Waals surface area contributed by atoms with E-state index in [0.29, 0.717) is 30.4 Å². The molecule has 0 radical (unpaired) electrons. The molecule has 138 valence electrons. The summed E-state index contributed by atoms with van der Waals surface area (Å²) in [5.74, 6) is 2.68. The first kappa shape index (κ1) is 18.7. The lowest BCUT2D eigenvalue weighted by molar-refractivity contribution is -0.124. The predicted molar refractivity (Wildman–Crippen MR) is 104 cm³/mol. The molecule has 1 aromatic carbocycles. The highest BCUT2D eigenvalue weighted by molar-refractivity contribution is 9.10. The number of furan rings is 1. The first-order valence-corrected chi connectivity index (χ1v) is 9.63. The zero-order valence-corrected chi connectivity index (χ0v) is 16.6. The normalized spacial score (nSPS) is 18.4. The van der Waals surface area contributed by atoms with Crippen molar-refractivity contribution >= 4 is 33.4 Å². The minimum absolute atomic E-state index is 0.0447. The van der Waals surface area contributed by atoms with E-state index in [1.54, 1.807) is 0 Å². The van der Waals surface area contributed by atoms with Crippen molar-refractivity contribution in [3.63, 3.8) is 0 Å². The number of nitrogens with one attached hydrogen (secondary N) is 2. The van der Waals surface area contributed by atoms with Gasteiger partial charge in [0.1, 0.15) is 11.5 Å². The van der Waals surface area contributed by atoms with Crippen molar-refractivity contribution in [2.24, 2.45) is 5.92 Å². The van der Waals surface area contributed by atoms with E-state index in [-0.39, 0.29) is 18.4 Å². The molecule has 1 fully saturated rings. The third-order valence-corrected chi connectivity index (χ3v) is 5.53. The van der Waals surface area contributed by atoms with E-state index in [0.717, 1.165) is 21.6 Å². The summed E-state index contributed by atoms with van der Waals surface area (Å²) in [6.45, 7) is 4.11. The average molecular weight is 419 g/mol. The van der Waals surface area contributed by atoms with Gasteiger partial charge in [-0.15, -0.1) is 0 Å². The standard InChI is InChI=1S/C20H23BrN2O3/c1-12-10-16(12)18-7-4-15(26-18)5-8-19(24)22-11-20(25)23-14-3-6-17(21)13(2)9-14/h3-4,6-7,9,12,16H,5,8,10-11H2,1-2H3,(H,22,24)(H,23,25). The SMILES string of the molecule is Cc1cc(NC(=O)CNC(=O)CCc2ccc(C3CC3C)o2)ccc1Br. The number of hydrogen-bond acceptors (Lipinski definition) is 3. The van der Waals surface area contributed by atoms with E-state index in [1.165, 1.54) is 6.42 Å². The fourth-order valence-corrected chi connectivity index (χ4v) is 3.12. The smallest absolute Gasteiger partial charge is 0.243 e. The van der Waals surface area contributed by atoms with E-state index in [4.69, 9.17) is 4.42 Å². The molecule has 26 heavy (non-hydrogen) atoms. The summed E-state index contributed by atoms with van der Waals surface area (Å²) in [4.78, 5) is 23.9. The third-order valence-electron chi connectivity index (χ3n) is 4.64. The Morgan fingerprint density at radius 2 is 2.00 bits per heavy atom. The van der Waals surface area contributed by atoms with Crippen LogP contribution in [0.15, 0.2) is 39.2 Å². The van der Waals surface area contributed by atoms with Gasteiger partial charge >= 0.3 is 0 Å². The number of carbonyl (C=O) groups is 2. The first-order valence-electron chi connectivity index (χ1n) is 8.83. The average Bonchev–Trinajstić information content (AvgIpc) is 3.15. The highest BCUT2D eigenvalue weighted by atomic mass is 79.9. The van der Waals surface area contributed by atoms with Gasteiger partial charge < -0.3 is 15.1 Å². The van der Waals surface area contributed by atoms with Crippen LogP contribution in [0.1, 0.15) is 42.8 Å². The van der Waals surface area contributed by atoms with E-state index in [9.17, 15) is 9.59 Å². The second-order valence-electron chi connectivity index (χ2n) is 6.91. The second kappa shape index (κ2) is 8.08. The molecule has 1 heterocycles. The van der Waals surface area contributed by atoms with Crippen LogP contribution in [-0.4, -0.2) is 18.4 Å². The fraction of sp³-hybridized carbons (Fsp3) is 0.400. The molecule has 2 unspecified atom stereocenters. The van der Waals surface area contributed by atoms with E-state index in [1.807, 2.05) is 37.3 Å². The summed E-state index contributed by atoms with van der Waals surface area (Å²) in [5.41, 5.74) is 1.74. The molecule has 0 bridgehead atoms. The maximum absolute atomic E-state index is 11.9. The van der Waals surface area contributed by atoms with Gasteiger partial charge in [-0.3, -0.25) is 9.59 Å². The van der Waals surface area contributed by atoms with Crippen LogP contribution >= 0.6 is 15.9 Å². The minimum atomic E-state index is -0.247. The van der Waals surface area contributed by atoms with Crippen LogP contribution in [-0.2, 0) is 16.0 Å². The largest absolute Gasteiger partial charge is 0.466 e. The Kier molecular flexibility index (Phi) is 5.81. The molecule has 2 aromatic rings. The summed E-state index contributed by atoms with van der Waals surface area (Å²) in [6.07, 6.45) is 2.03. The molecule has 0 saturated heterocycles. The van der Waals surface area contributed by atoms with Gasteiger partial charge in [0.2, 0.25) is 11.8 Å². The number of rotatable bonds is 7. The van der Waals surface area contributed by atoms with Crippen molar-refractivity contribution in [2.75, 3.05) is 11.9 Å². The van der Waals surface area contributed by atoms with Gasteiger partial charge in [-0.05, 0) is 55.2 Å². The van der Waals surface area contributed by atoms with Crippen molar-refractivity contribution in [1.82, 2.24) is 5.32 Å².